The van der Waals surface area contributed by atoms with Crippen molar-refractivity contribution in [2.45, 2.75) is 40.2 Å². The summed E-state index contributed by atoms with van der Waals surface area (Å²) in [4.78, 5) is 0. The Labute approximate surface area is 107 Å². The zero-order valence-electron chi connectivity index (χ0n) is 10.8. The van der Waals surface area contributed by atoms with Gasteiger partial charge in [-0.05, 0) is 48.7 Å². The molecule has 0 saturated carbocycles. The maximum atomic E-state index is 4.42. The Morgan fingerprint density at radius 2 is 2.06 bits per heavy atom. The Hall–Kier alpha value is -0.350. The summed E-state index contributed by atoms with van der Waals surface area (Å²) >= 11 is 3.61. The van der Waals surface area contributed by atoms with Gasteiger partial charge in [-0.2, -0.15) is 5.10 Å². The van der Waals surface area contributed by atoms with Gasteiger partial charge in [0.25, 0.3) is 0 Å². The average Bonchev–Trinajstić information content (AvgIpc) is 2.45. The monoisotopic (exact) mass is 287 g/mol. The van der Waals surface area contributed by atoms with Crippen LogP contribution in [0.15, 0.2) is 4.47 Å². The van der Waals surface area contributed by atoms with Gasteiger partial charge in [0.05, 0.1) is 15.9 Å². The molecule has 2 unspecified atom stereocenters. The highest BCUT2D eigenvalue weighted by molar-refractivity contribution is 9.10. The fourth-order valence-corrected chi connectivity index (χ4v) is 2.40. The third kappa shape index (κ3) is 3.08. The highest BCUT2D eigenvalue weighted by atomic mass is 79.9. The van der Waals surface area contributed by atoms with Crippen LogP contribution in [0.4, 0.5) is 0 Å². The summed E-state index contributed by atoms with van der Waals surface area (Å²) in [5.74, 6) is 0.603. The maximum Gasteiger partial charge on any atom is 0.0738 e. The fraction of sp³-hybridized carbons (Fsp3) is 0.750. The topological polar surface area (TPSA) is 29.9 Å². The van der Waals surface area contributed by atoms with Crippen molar-refractivity contribution < 1.29 is 0 Å². The quantitative estimate of drug-likeness (QED) is 0.902. The first-order valence-electron chi connectivity index (χ1n) is 5.88. The molecule has 92 valence electrons. The Bertz CT molecular complexity index is 346. The average molecular weight is 288 g/mol. The van der Waals surface area contributed by atoms with Crippen LogP contribution in [0, 0.1) is 12.8 Å². The number of halogens is 1. The van der Waals surface area contributed by atoms with Crippen molar-refractivity contribution in [2.24, 2.45) is 13.0 Å². The van der Waals surface area contributed by atoms with Gasteiger partial charge in [0, 0.05) is 13.1 Å². The molecule has 1 rings (SSSR count). The van der Waals surface area contributed by atoms with E-state index in [2.05, 4.69) is 47.1 Å². The predicted molar refractivity (Wildman–Crippen MR) is 71.7 cm³/mol. The molecule has 1 aromatic rings. The lowest BCUT2D eigenvalue weighted by Crippen LogP contribution is -2.33. The van der Waals surface area contributed by atoms with Crippen molar-refractivity contribution in [3.63, 3.8) is 0 Å². The summed E-state index contributed by atoms with van der Waals surface area (Å²) < 4.78 is 3.14. The van der Waals surface area contributed by atoms with E-state index in [0.29, 0.717) is 12.0 Å². The van der Waals surface area contributed by atoms with Crippen molar-refractivity contribution in [1.29, 1.82) is 0 Å². The van der Waals surface area contributed by atoms with Gasteiger partial charge in [-0.3, -0.25) is 4.68 Å². The molecular formula is C12H22BrN3. The van der Waals surface area contributed by atoms with Crippen molar-refractivity contribution in [3.05, 3.63) is 15.9 Å². The number of aromatic nitrogens is 2. The predicted octanol–water partition coefficient (Wildman–Crippen LogP) is 2.67. The second-order valence-corrected chi connectivity index (χ2v) is 5.29. The van der Waals surface area contributed by atoms with Crippen LogP contribution in [-0.2, 0) is 13.5 Å². The molecule has 0 saturated heterocycles. The van der Waals surface area contributed by atoms with E-state index in [1.165, 1.54) is 5.69 Å². The SMILES string of the molecule is CCNC(C)C(C)Cc1c(Br)c(C)nn1C. The van der Waals surface area contributed by atoms with Gasteiger partial charge in [-0.15, -0.1) is 0 Å². The zero-order valence-corrected chi connectivity index (χ0v) is 12.4. The van der Waals surface area contributed by atoms with Gasteiger partial charge >= 0.3 is 0 Å². The summed E-state index contributed by atoms with van der Waals surface area (Å²) in [5.41, 5.74) is 2.36. The normalized spacial score (nSPS) is 15.1. The largest absolute Gasteiger partial charge is 0.314 e. The molecule has 1 heterocycles. The van der Waals surface area contributed by atoms with E-state index in [0.717, 1.165) is 23.1 Å². The van der Waals surface area contributed by atoms with Gasteiger partial charge in [0.2, 0.25) is 0 Å². The van der Waals surface area contributed by atoms with Gasteiger partial charge in [-0.25, -0.2) is 0 Å². The number of nitrogens with zero attached hydrogens (tertiary/aromatic N) is 2. The van der Waals surface area contributed by atoms with Crippen molar-refractivity contribution in [2.75, 3.05) is 6.54 Å². The zero-order chi connectivity index (χ0) is 12.3. The third-order valence-electron chi connectivity index (χ3n) is 3.16. The van der Waals surface area contributed by atoms with Gasteiger partial charge in [-0.1, -0.05) is 13.8 Å². The van der Waals surface area contributed by atoms with Gasteiger partial charge in [0.15, 0.2) is 0 Å². The molecule has 0 bridgehead atoms. The number of hydrogen-bond donors (Lipinski definition) is 1. The van der Waals surface area contributed by atoms with E-state index in [1.807, 2.05) is 18.7 Å². The molecule has 0 aliphatic rings. The van der Waals surface area contributed by atoms with Crippen LogP contribution in [0.2, 0.25) is 0 Å². The van der Waals surface area contributed by atoms with Crippen molar-refractivity contribution >= 4 is 15.9 Å². The lowest BCUT2D eigenvalue weighted by atomic mass is 9.97. The van der Waals surface area contributed by atoms with Crippen LogP contribution in [0.1, 0.15) is 32.2 Å². The summed E-state index contributed by atoms with van der Waals surface area (Å²) in [5, 5.41) is 7.88. The van der Waals surface area contributed by atoms with Crippen molar-refractivity contribution in [1.82, 2.24) is 15.1 Å². The number of aryl methyl sites for hydroxylation is 2. The van der Waals surface area contributed by atoms with E-state index in [1.54, 1.807) is 0 Å². The second kappa shape index (κ2) is 5.82. The molecule has 0 radical (unpaired) electrons. The third-order valence-corrected chi connectivity index (χ3v) is 4.19. The van der Waals surface area contributed by atoms with Gasteiger partial charge < -0.3 is 5.32 Å². The van der Waals surface area contributed by atoms with Crippen LogP contribution in [-0.4, -0.2) is 22.4 Å². The molecule has 1 aromatic heterocycles. The highest BCUT2D eigenvalue weighted by Crippen LogP contribution is 2.23. The molecule has 2 atom stereocenters. The van der Waals surface area contributed by atoms with E-state index in [9.17, 15) is 0 Å². The van der Waals surface area contributed by atoms with Crippen LogP contribution in [0.5, 0.6) is 0 Å². The fourth-order valence-electron chi connectivity index (χ4n) is 1.91. The minimum atomic E-state index is 0.534. The molecule has 0 aliphatic heterocycles. The van der Waals surface area contributed by atoms with Crippen molar-refractivity contribution in [3.8, 4) is 0 Å². The Balaban J connectivity index is 2.72. The summed E-state index contributed by atoms with van der Waals surface area (Å²) in [6.45, 7) is 9.73. The van der Waals surface area contributed by atoms with E-state index >= 15 is 0 Å². The standard InChI is InChI=1S/C12H22BrN3/c1-6-14-9(3)8(2)7-11-12(13)10(4)15-16(11)5/h8-9,14H,6-7H2,1-5H3. The minimum absolute atomic E-state index is 0.534. The first-order chi connectivity index (χ1) is 7.47. The van der Waals surface area contributed by atoms with Crippen LogP contribution < -0.4 is 5.32 Å². The lowest BCUT2D eigenvalue weighted by molar-refractivity contribution is 0.398. The summed E-state index contributed by atoms with van der Waals surface area (Å²) in [6, 6.07) is 0.534. The molecule has 4 heteroatoms. The molecule has 0 amide bonds. The second-order valence-electron chi connectivity index (χ2n) is 4.50. The molecule has 0 aliphatic carbocycles. The molecule has 1 N–H and O–H groups in total. The van der Waals surface area contributed by atoms with E-state index in [-0.39, 0.29) is 0 Å². The first-order valence-corrected chi connectivity index (χ1v) is 6.68. The number of hydrogen-bond acceptors (Lipinski definition) is 2. The molecule has 0 spiro atoms. The molecule has 0 fully saturated rings. The molecule has 0 aromatic carbocycles. The number of nitrogens with one attached hydrogen (secondary N) is 1. The smallest absolute Gasteiger partial charge is 0.0738 e. The highest BCUT2D eigenvalue weighted by Gasteiger charge is 2.17. The first kappa shape index (κ1) is 13.7. The molecule has 16 heavy (non-hydrogen) atoms. The summed E-state index contributed by atoms with van der Waals surface area (Å²) in [7, 11) is 2.01. The van der Waals surface area contributed by atoms with Gasteiger partial charge in [0.1, 0.15) is 0 Å². The van der Waals surface area contributed by atoms with Crippen LogP contribution in [0.25, 0.3) is 0 Å². The lowest BCUT2D eigenvalue weighted by Gasteiger charge is -2.20. The Morgan fingerprint density at radius 3 is 2.50 bits per heavy atom. The Kier molecular flexibility index (Phi) is 4.99. The van der Waals surface area contributed by atoms with Crippen LogP contribution in [0.3, 0.4) is 0 Å². The molecule has 3 nitrogen and oxygen atoms in total. The Morgan fingerprint density at radius 1 is 1.44 bits per heavy atom. The summed E-state index contributed by atoms with van der Waals surface area (Å²) in [6.07, 6.45) is 1.05. The van der Waals surface area contributed by atoms with Crippen LogP contribution >= 0.6 is 15.9 Å². The van der Waals surface area contributed by atoms with E-state index < -0.39 is 0 Å². The molecular weight excluding hydrogens is 266 g/mol. The minimum Gasteiger partial charge on any atom is -0.314 e. The maximum absolute atomic E-state index is 4.42. The number of rotatable bonds is 5. The van der Waals surface area contributed by atoms with E-state index in [4.69, 9.17) is 0 Å².